The maximum absolute atomic E-state index is 12.9. The molecule has 0 spiro atoms. The van der Waals surface area contributed by atoms with E-state index in [1.54, 1.807) is 6.20 Å². The number of amides is 1. The summed E-state index contributed by atoms with van der Waals surface area (Å²) >= 11 is 0. The first kappa shape index (κ1) is 19.6. The van der Waals surface area contributed by atoms with Crippen molar-refractivity contribution in [1.82, 2.24) is 20.2 Å². The van der Waals surface area contributed by atoms with Crippen LogP contribution < -0.4 is 10.6 Å². The van der Waals surface area contributed by atoms with Crippen LogP contribution in [0.3, 0.4) is 0 Å². The highest BCUT2D eigenvalue weighted by atomic mass is 16.5. The summed E-state index contributed by atoms with van der Waals surface area (Å²) in [6.45, 7) is 5.35. The van der Waals surface area contributed by atoms with Crippen LogP contribution in [-0.4, -0.2) is 65.2 Å². The standard InChI is InChI=1S/C21H33N5O2/c1-15-22-10-7-20(23-15)24-18-6-5-16(21(27)25-17-3-2-4-17)13-26(14-18)19-8-11-28-12-9-19/h7,10,16-19H,2-6,8-9,11-14H2,1H3,(H,25,27)(H,22,23,24)/t16-,18+/m1/s1. The quantitative estimate of drug-likeness (QED) is 0.806. The van der Waals surface area contributed by atoms with Gasteiger partial charge in [0.1, 0.15) is 11.6 Å². The van der Waals surface area contributed by atoms with E-state index in [9.17, 15) is 4.79 Å². The zero-order valence-corrected chi connectivity index (χ0v) is 16.9. The van der Waals surface area contributed by atoms with Crippen molar-refractivity contribution in [2.75, 3.05) is 31.6 Å². The average molecular weight is 388 g/mol. The van der Waals surface area contributed by atoms with Gasteiger partial charge >= 0.3 is 0 Å². The van der Waals surface area contributed by atoms with Crippen LogP contribution in [0.25, 0.3) is 0 Å². The predicted octanol–water partition coefficient (Wildman–Crippen LogP) is 2.13. The first-order valence-corrected chi connectivity index (χ1v) is 10.9. The monoisotopic (exact) mass is 387 g/mol. The molecule has 1 aromatic heterocycles. The molecule has 4 rings (SSSR count). The van der Waals surface area contributed by atoms with Crippen molar-refractivity contribution < 1.29 is 9.53 Å². The van der Waals surface area contributed by atoms with Gasteiger partial charge < -0.3 is 15.4 Å². The van der Waals surface area contributed by atoms with Crippen LogP contribution in [0.5, 0.6) is 0 Å². The van der Waals surface area contributed by atoms with E-state index in [0.717, 1.165) is 76.5 Å². The summed E-state index contributed by atoms with van der Waals surface area (Å²) < 4.78 is 5.57. The third kappa shape index (κ3) is 5.00. The molecule has 2 saturated heterocycles. The van der Waals surface area contributed by atoms with E-state index in [2.05, 4.69) is 25.5 Å². The van der Waals surface area contributed by atoms with Gasteiger partial charge in [0, 0.05) is 50.6 Å². The van der Waals surface area contributed by atoms with Crippen LogP contribution >= 0.6 is 0 Å². The molecule has 0 unspecified atom stereocenters. The van der Waals surface area contributed by atoms with E-state index in [0.29, 0.717) is 18.1 Å². The fourth-order valence-corrected chi connectivity index (χ4v) is 4.52. The molecule has 7 nitrogen and oxygen atoms in total. The van der Waals surface area contributed by atoms with Crippen LogP contribution in [0.4, 0.5) is 5.82 Å². The summed E-state index contributed by atoms with van der Waals surface area (Å²) in [5.41, 5.74) is 0. The molecule has 1 amide bonds. The zero-order valence-electron chi connectivity index (χ0n) is 16.9. The molecule has 2 aliphatic heterocycles. The van der Waals surface area contributed by atoms with Gasteiger partial charge in [-0.15, -0.1) is 0 Å². The number of aromatic nitrogens is 2. The molecule has 7 heteroatoms. The van der Waals surface area contributed by atoms with E-state index in [-0.39, 0.29) is 11.8 Å². The normalized spacial score (nSPS) is 27.6. The fraction of sp³-hybridized carbons (Fsp3) is 0.762. The number of carbonyl (C=O) groups is 1. The number of ether oxygens (including phenoxy) is 1. The van der Waals surface area contributed by atoms with Crippen molar-refractivity contribution >= 4 is 11.7 Å². The first-order valence-electron chi connectivity index (χ1n) is 10.9. The molecule has 1 aliphatic carbocycles. The van der Waals surface area contributed by atoms with Crippen LogP contribution in [0.2, 0.25) is 0 Å². The lowest BCUT2D eigenvalue weighted by atomic mass is 9.91. The molecule has 3 heterocycles. The Morgan fingerprint density at radius 1 is 1.11 bits per heavy atom. The number of carbonyl (C=O) groups excluding carboxylic acids is 1. The predicted molar refractivity (Wildman–Crippen MR) is 108 cm³/mol. The molecular formula is C21H33N5O2. The van der Waals surface area contributed by atoms with E-state index in [4.69, 9.17) is 4.74 Å². The largest absolute Gasteiger partial charge is 0.381 e. The maximum Gasteiger partial charge on any atom is 0.224 e. The molecule has 154 valence electrons. The third-order valence-corrected chi connectivity index (χ3v) is 6.43. The summed E-state index contributed by atoms with van der Waals surface area (Å²) in [4.78, 5) is 24.1. The Bertz CT molecular complexity index is 660. The van der Waals surface area contributed by atoms with Crippen molar-refractivity contribution in [3.8, 4) is 0 Å². The second kappa shape index (κ2) is 9.18. The van der Waals surface area contributed by atoms with Gasteiger partial charge in [-0.25, -0.2) is 9.97 Å². The second-order valence-corrected chi connectivity index (χ2v) is 8.54. The smallest absolute Gasteiger partial charge is 0.224 e. The summed E-state index contributed by atoms with van der Waals surface area (Å²) in [5.74, 6) is 1.97. The van der Waals surface area contributed by atoms with Crippen LogP contribution in [-0.2, 0) is 9.53 Å². The number of nitrogens with zero attached hydrogens (tertiary/aromatic N) is 3. The number of nitrogens with one attached hydrogen (secondary N) is 2. The van der Waals surface area contributed by atoms with E-state index < -0.39 is 0 Å². The van der Waals surface area contributed by atoms with Crippen molar-refractivity contribution in [3.63, 3.8) is 0 Å². The molecule has 0 aromatic carbocycles. The summed E-state index contributed by atoms with van der Waals surface area (Å²) in [6, 6.07) is 3.13. The summed E-state index contributed by atoms with van der Waals surface area (Å²) in [6.07, 6.45) is 9.32. The van der Waals surface area contributed by atoms with E-state index in [1.165, 1.54) is 6.42 Å². The third-order valence-electron chi connectivity index (χ3n) is 6.43. The Morgan fingerprint density at radius 3 is 2.64 bits per heavy atom. The maximum atomic E-state index is 12.9. The van der Waals surface area contributed by atoms with Gasteiger partial charge in [-0.3, -0.25) is 9.69 Å². The number of hydrogen-bond acceptors (Lipinski definition) is 6. The Morgan fingerprint density at radius 2 is 1.93 bits per heavy atom. The van der Waals surface area contributed by atoms with E-state index >= 15 is 0 Å². The number of anilines is 1. The molecule has 3 fully saturated rings. The topological polar surface area (TPSA) is 79.4 Å². The molecule has 28 heavy (non-hydrogen) atoms. The molecule has 2 N–H and O–H groups in total. The minimum Gasteiger partial charge on any atom is -0.381 e. The van der Waals surface area contributed by atoms with Gasteiger partial charge in [0.25, 0.3) is 0 Å². The lowest BCUT2D eigenvalue weighted by Gasteiger charge is -2.36. The SMILES string of the molecule is Cc1nccc(N[C@H]2CC[C@@H](C(=O)NC3CCC3)CN(C3CCOCC3)C2)n1. The van der Waals surface area contributed by atoms with E-state index in [1.807, 2.05) is 13.0 Å². The lowest BCUT2D eigenvalue weighted by molar-refractivity contribution is -0.127. The Kier molecular flexibility index (Phi) is 6.42. The number of rotatable bonds is 5. The van der Waals surface area contributed by atoms with Gasteiger partial charge in [-0.05, 0) is 57.9 Å². The Balaban J connectivity index is 1.44. The molecule has 1 saturated carbocycles. The van der Waals surface area contributed by atoms with Gasteiger partial charge in [0.15, 0.2) is 0 Å². The molecule has 3 aliphatic rings. The number of likely N-dealkylation sites (tertiary alicyclic amines) is 1. The summed E-state index contributed by atoms with van der Waals surface area (Å²) in [7, 11) is 0. The minimum atomic E-state index is 0.0716. The minimum absolute atomic E-state index is 0.0716. The number of hydrogen-bond donors (Lipinski definition) is 2. The van der Waals surface area contributed by atoms with Crippen molar-refractivity contribution in [1.29, 1.82) is 0 Å². The van der Waals surface area contributed by atoms with Gasteiger partial charge in [0.05, 0.1) is 5.92 Å². The molecular weight excluding hydrogens is 354 g/mol. The highest BCUT2D eigenvalue weighted by molar-refractivity contribution is 5.79. The fourth-order valence-electron chi connectivity index (χ4n) is 4.52. The van der Waals surface area contributed by atoms with Gasteiger partial charge in [0.2, 0.25) is 5.91 Å². The van der Waals surface area contributed by atoms with Crippen LogP contribution in [0.15, 0.2) is 12.3 Å². The van der Waals surface area contributed by atoms with Crippen molar-refractivity contribution in [2.45, 2.75) is 70.0 Å². The number of aryl methyl sites for hydroxylation is 1. The van der Waals surface area contributed by atoms with Gasteiger partial charge in [-0.1, -0.05) is 0 Å². The zero-order chi connectivity index (χ0) is 19.3. The van der Waals surface area contributed by atoms with Gasteiger partial charge in [-0.2, -0.15) is 0 Å². The molecule has 1 aromatic rings. The Labute approximate surface area is 167 Å². The highest BCUT2D eigenvalue weighted by Gasteiger charge is 2.34. The first-order chi connectivity index (χ1) is 13.7. The molecule has 0 bridgehead atoms. The lowest BCUT2D eigenvalue weighted by Crippen LogP contribution is -2.48. The van der Waals surface area contributed by atoms with Crippen molar-refractivity contribution in [2.24, 2.45) is 5.92 Å². The second-order valence-electron chi connectivity index (χ2n) is 8.54. The molecule has 2 atom stereocenters. The average Bonchev–Trinajstić information content (AvgIpc) is 2.88. The summed E-state index contributed by atoms with van der Waals surface area (Å²) in [5, 5.41) is 6.88. The Hall–Kier alpha value is -1.73. The van der Waals surface area contributed by atoms with Crippen LogP contribution in [0.1, 0.15) is 50.8 Å². The van der Waals surface area contributed by atoms with Crippen LogP contribution in [0, 0.1) is 12.8 Å². The molecule has 0 radical (unpaired) electrons. The highest BCUT2D eigenvalue weighted by Crippen LogP contribution is 2.26. The van der Waals surface area contributed by atoms with Crippen molar-refractivity contribution in [3.05, 3.63) is 18.1 Å².